The van der Waals surface area contributed by atoms with Gasteiger partial charge in [-0.15, -0.1) is 0 Å². The molecule has 4 aromatic rings. The van der Waals surface area contributed by atoms with Crippen LogP contribution in [0.1, 0.15) is 39.0 Å². The van der Waals surface area contributed by atoms with Gasteiger partial charge < -0.3 is 16.2 Å². The second-order valence-corrected chi connectivity index (χ2v) is 7.67. The van der Waals surface area contributed by atoms with Gasteiger partial charge in [0.05, 0.1) is 11.4 Å². The molecule has 0 aliphatic rings. The minimum atomic E-state index is -4.81. The highest BCUT2D eigenvalue weighted by Crippen LogP contribution is 2.31. The van der Waals surface area contributed by atoms with Gasteiger partial charge in [0, 0.05) is 18.2 Å². The van der Waals surface area contributed by atoms with E-state index in [-0.39, 0.29) is 23.5 Å². The van der Waals surface area contributed by atoms with Crippen LogP contribution in [0.4, 0.5) is 23.2 Å². The molecule has 180 valence electrons. The number of carbonyl (C=O) groups is 1. The van der Waals surface area contributed by atoms with E-state index >= 15 is 4.39 Å². The van der Waals surface area contributed by atoms with Gasteiger partial charge in [-0.3, -0.25) is 4.79 Å². The molecule has 0 saturated carbocycles. The number of aliphatic hydroxyl groups is 1. The molecule has 0 radical (unpaired) electrons. The van der Waals surface area contributed by atoms with Gasteiger partial charge in [0.25, 0.3) is 5.91 Å². The molecule has 0 saturated heterocycles. The number of anilines is 1. The summed E-state index contributed by atoms with van der Waals surface area (Å²) in [5.74, 6) is -1.93. The van der Waals surface area contributed by atoms with Gasteiger partial charge in [-0.2, -0.15) is 18.3 Å². The van der Waals surface area contributed by atoms with Crippen LogP contribution in [-0.2, 0) is 12.7 Å². The normalized spacial score (nSPS) is 12.4. The van der Waals surface area contributed by atoms with E-state index in [1.54, 1.807) is 42.5 Å². The summed E-state index contributed by atoms with van der Waals surface area (Å²) < 4.78 is 56.2. The highest BCUT2D eigenvalue weighted by Gasteiger charge is 2.36. The lowest BCUT2D eigenvalue weighted by molar-refractivity contribution is -0.141. The molecule has 1 heterocycles. The standard InChI is InChI=1S/C25H20F4N4O2/c26-22-18(23(34)16-7-2-1-3-8-16)10-5-11-19(22)31-24(35)20-13-21(25(27,28)29)32-33(20)17-9-4-6-15(12-17)14-30/h1-13,23,34H,14,30H2,(H,31,35). The van der Waals surface area contributed by atoms with Crippen molar-refractivity contribution in [3.05, 3.63) is 113 Å². The molecule has 1 aromatic heterocycles. The van der Waals surface area contributed by atoms with Crippen LogP contribution in [0.2, 0.25) is 0 Å². The summed E-state index contributed by atoms with van der Waals surface area (Å²) in [5, 5.41) is 16.4. The van der Waals surface area contributed by atoms with E-state index in [0.29, 0.717) is 17.2 Å². The fourth-order valence-corrected chi connectivity index (χ4v) is 3.55. The maximum Gasteiger partial charge on any atom is 0.435 e. The van der Waals surface area contributed by atoms with Crippen molar-refractivity contribution in [1.29, 1.82) is 0 Å². The SMILES string of the molecule is NCc1cccc(-n2nc(C(F)(F)F)cc2C(=O)Nc2cccc(C(O)c3ccccc3)c2F)c1. The molecule has 0 bridgehead atoms. The zero-order valence-electron chi connectivity index (χ0n) is 18.1. The van der Waals surface area contributed by atoms with Crippen molar-refractivity contribution in [2.24, 2.45) is 5.73 Å². The molecule has 0 aliphatic heterocycles. The summed E-state index contributed by atoms with van der Waals surface area (Å²) in [4.78, 5) is 13.0. The number of nitrogens with two attached hydrogens (primary N) is 1. The molecule has 1 atom stereocenters. The quantitative estimate of drug-likeness (QED) is 0.342. The number of amides is 1. The van der Waals surface area contributed by atoms with Gasteiger partial charge in [-0.05, 0) is 29.3 Å². The summed E-state index contributed by atoms with van der Waals surface area (Å²) in [6.45, 7) is 0.129. The van der Waals surface area contributed by atoms with E-state index in [2.05, 4.69) is 10.4 Å². The largest absolute Gasteiger partial charge is 0.435 e. The molecule has 0 aliphatic carbocycles. The Hall–Kier alpha value is -4.02. The van der Waals surface area contributed by atoms with Crippen LogP contribution in [-0.4, -0.2) is 20.8 Å². The highest BCUT2D eigenvalue weighted by atomic mass is 19.4. The van der Waals surface area contributed by atoms with E-state index in [1.807, 2.05) is 0 Å². The van der Waals surface area contributed by atoms with Crippen LogP contribution in [0.25, 0.3) is 5.69 Å². The number of alkyl halides is 3. The molecule has 1 amide bonds. The zero-order valence-corrected chi connectivity index (χ0v) is 18.1. The summed E-state index contributed by atoms with van der Waals surface area (Å²) in [5.41, 5.74) is 4.70. The fraction of sp³-hybridized carbons (Fsp3) is 0.120. The lowest BCUT2D eigenvalue weighted by Crippen LogP contribution is -2.18. The molecule has 35 heavy (non-hydrogen) atoms. The maximum absolute atomic E-state index is 15.2. The summed E-state index contributed by atoms with van der Waals surface area (Å²) in [6, 6.07) is 19.2. The second kappa shape index (κ2) is 9.69. The number of halogens is 4. The van der Waals surface area contributed by atoms with Gasteiger partial charge >= 0.3 is 6.18 Å². The minimum Gasteiger partial charge on any atom is -0.384 e. The Kier molecular flexibility index (Phi) is 6.68. The van der Waals surface area contributed by atoms with Crippen molar-refractivity contribution in [2.45, 2.75) is 18.8 Å². The third-order valence-corrected chi connectivity index (χ3v) is 5.31. The first kappa shape index (κ1) is 24.1. The van der Waals surface area contributed by atoms with Crippen LogP contribution < -0.4 is 11.1 Å². The van der Waals surface area contributed by atoms with Crippen molar-refractivity contribution < 1.29 is 27.5 Å². The first-order chi connectivity index (χ1) is 16.7. The molecular weight excluding hydrogens is 464 g/mol. The number of aliphatic hydroxyl groups excluding tert-OH is 1. The second-order valence-electron chi connectivity index (χ2n) is 7.67. The van der Waals surface area contributed by atoms with E-state index in [0.717, 1.165) is 4.68 Å². The summed E-state index contributed by atoms with van der Waals surface area (Å²) >= 11 is 0. The average Bonchev–Trinajstić information content (AvgIpc) is 3.32. The van der Waals surface area contributed by atoms with Crippen molar-refractivity contribution in [3.63, 3.8) is 0 Å². The summed E-state index contributed by atoms with van der Waals surface area (Å²) in [6.07, 6.45) is -6.12. The van der Waals surface area contributed by atoms with E-state index < -0.39 is 35.4 Å². The Balaban J connectivity index is 1.71. The van der Waals surface area contributed by atoms with Crippen LogP contribution in [0.5, 0.6) is 0 Å². The maximum atomic E-state index is 15.2. The van der Waals surface area contributed by atoms with Crippen LogP contribution >= 0.6 is 0 Å². The fourth-order valence-electron chi connectivity index (χ4n) is 3.55. The van der Waals surface area contributed by atoms with Gasteiger partial charge in [-0.1, -0.05) is 54.6 Å². The number of nitrogens with zero attached hydrogens (tertiary/aromatic N) is 2. The van der Waals surface area contributed by atoms with Gasteiger partial charge in [-0.25, -0.2) is 9.07 Å². The van der Waals surface area contributed by atoms with Crippen molar-refractivity contribution in [3.8, 4) is 5.69 Å². The third-order valence-electron chi connectivity index (χ3n) is 5.31. The molecule has 10 heteroatoms. The molecule has 0 fully saturated rings. The first-order valence-corrected chi connectivity index (χ1v) is 10.5. The number of benzene rings is 3. The number of rotatable bonds is 6. The van der Waals surface area contributed by atoms with Crippen LogP contribution in [0.15, 0.2) is 78.9 Å². The predicted octanol–water partition coefficient (Wildman–Crippen LogP) is 4.82. The predicted molar refractivity (Wildman–Crippen MR) is 121 cm³/mol. The topological polar surface area (TPSA) is 93.2 Å². The Morgan fingerprint density at radius 2 is 1.74 bits per heavy atom. The van der Waals surface area contributed by atoms with Crippen LogP contribution in [0.3, 0.4) is 0 Å². The van der Waals surface area contributed by atoms with Gasteiger partial charge in [0.1, 0.15) is 11.8 Å². The molecule has 3 aromatic carbocycles. The summed E-state index contributed by atoms with van der Waals surface area (Å²) in [7, 11) is 0. The number of carbonyl (C=O) groups excluding carboxylic acids is 1. The Labute approximate surface area is 197 Å². The Morgan fingerprint density at radius 1 is 1.03 bits per heavy atom. The lowest BCUT2D eigenvalue weighted by Gasteiger charge is -2.15. The van der Waals surface area contributed by atoms with E-state index in [1.165, 1.54) is 30.3 Å². The lowest BCUT2D eigenvalue weighted by atomic mass is 10.0. The van der Waals surface area contributed by atoms with Gasteiger partial charge in [0.2, 0.25) is 0 Å². The Bertz CT molecular complexity index is 1350. The third kappa shape index (κ3) is 5.08. The molecule has 0 spiro atoms. The Morgan fingerprint density at radius 3 is 2.43 bits per heavy atom. The van der Waals surface area contributed by atoms with Crippen molar-refractivity contribution in [1.82, 2.24) is 9.78 Å². The molecule has 1 unspecified atom stereocenters. The van der Waals surface area contributed by atoms with Crippen molar-refractivity contribution >= 4 is 11.6 Å². The average molecular weight is 484 g/mol. The van der Waals surface area contributed by atoms with Crippen molar-refractivity contribution in [2.75, 3.05) is 5.32 Å². The molecular formula is C25H20F4N4O2. The molecule has 4 N–H and O–H groups in total. The minimum absolute atomic E-state index is 0.103. The van der Waals surface area contributed by atoms with E-state index in [4.69, 9.17) is 5.73 Å². The highest BCUT2D eigenvalue weighted by molar-refractivity contribution is 6.03. The first-order valence-electron chi connectivity index (χ1n) is 10.5. The number of hydrogen-bond donors (Lipinski definition) is 3. The smallest absolute Gasteiger partial charge is 0.384 e. The number of nitrogens with one attached hydrogen (secondary N) is 1. The van der Waals surface area contributed by atoms with Gasteiger partial charge in [0.15, 0.2) is 11.5 Å². The number of hydrogen-bond acceptors (Lipinski definition) is 4. The number of aromatic nitrogens is 2. The molecule has 4 rings (SSSR count). The van der Waals surface area contributed by atoms with E-state index in [9.17, 15) is 23.1 Å². The zero-order chi connectivity index (χ0) is 25.2. The van der Waals surface area contributed by atoms with Crippen LogP contribution in [0, 0.1) is 5.82 Å². The monoisotopic (exact) mass is 484 g/mol. The molecule has 6 nitrogen and oxygen atoms in total.